The maximum Gasteiger partial charge on any atom is 0.334 e. The first-order valence-electron chi connectivity index (χ1n) is 7.70. The van der Waals surface area contributed by atoms with Crippen LogP contribution < -0.4 is 0 Å². The Balaban J connectivity index is 2.08. The predicted molar refractivity (Wildman–Crippen MR) is 80.2 cm³/mol. The first kappa shape index (κ1) is 17.3. The van der Waals surface area contributed by atoms with Crippen LogP contribution in [0.5, 0.6) is 0 Å². The quantitative estimate of drug-likeness (QED) is 0.724. The maximum atomic E-state index is 12.6. The largest absolute Gasteiger partial charge is 0.501 e. The fourth-order valence-corrected chi connectivity index (χ4v) is 2.70. The summed E-state index contributed by atoms with van der Waals surface area (Å²) in [6.07, 6.45) is 1.71. The Kier molecular flexibility index (Phi) is 4.97. The zero-order chi connectivity index (χ0) is 17.2. The molecule has 0 radical (unpaired) electrons. The summed E-state index contributed by atoms with van der Waals surface area (Å²) in [4.78, 5) is 37.9. The standard InChI is InChI=1S/C16H23NO6/c1-16(2,3)23-15(20)11-6-5-7-17(11)14(19)12-8-10(21-4)9-13(18)22-12/h9,11-12H,5-8H2,1-4H3/t11-,12-/m0/s1. The molecule has 0 aromatic carbocycles. The monoisotopic (exact) mass is 325 g/mol. The second-order valence-electron chi connectivity index (χ2n) is 6.67. The summed E-state index contributed by atoms with van der Waals surface area (Å²) < 4.78 is 15.5. The molecule has 0 spiro atoms. The number of nitrogens with zero attached hydrogens (tertiary/aromatic N) is 1. The van der Waals surface area contributed by atoms with Crippen molar-refractivity contribution in [1.29, 1.82) is 0 Å². The van der Waals surface area contributed by atoms with Crippen LogP contribution >= 0.6 is 0 Å². The van der Waals surface area contributed by atoms with Crippen molar-refractivity contribution in [1.82, 2.24) is 4.90 Å². The minimum Gasteiger partial charge on any atom is -0.501 e. The summed E-state index contributed by atoms with van der Waals surface area (Å²) >= 11 is 0. The number of rotatable bonds is 3. The van der Waals surface area contributed by atoms with Crippen LogP contribution in [-0.2, 0) is 28.6 Å². The van der Waals surface area contributed by atoms with Crippen molar-refractivity contribution in [3.63, 3.8) is 0 Å². The van der Waals surface area contributed by atoms with Crippen molar-refractivity contribution in [3.05, 3.63) is 11.8 Å². The first-order chi connectivity index (χ1) is 10.7. The van der Waals surface area contributed by atoms with Gasteiger partial charge in [-0.05, 0) is 33.6 Å². The minimum atomic E-state index is -0.953. The van der Waals surface area contributed by atoms with E-state index < -0.39 is 29.7 Å². The van der Waals surface area contributed by atoms with Crippen LogP contribution in [0.25, 0.3) is 0 Å². The second kappa shape index (κ2) is 6.60. The van der Waals surface area contributed by atoms with E-state index in [1.807, 2.05) is 0 Å². The number of hydrogen-bond acceptors (Lipinski definition) is 6. The van der Waals surface area contributed by atoms with Gasteiger partial charge in [0.1, 0.15) is 17.4 Å². The normalized spacial score (nSPS) is 24.8. The van der Waals surface area contributed by atoms with Crippen LogP contribution in [0, 0.1) is 0 Å². The number of carbonyl (C=O) groups excluding carboxylic acids is 3. The highest BCUT2D eigenvalue weighted by Gasteiger charge is 2.41. The number of likely N-dealkylation sites (tertiary alicyclic amines) is 1. The van der Waals surface area contributed by atoms with Crippen LogP contribution in [0.1, 0.15) is 40.0 Å². The molecule has 0 aliphatic carbocycles. The van der Waals surface area contributed by atoms with Gasteiger partial charge in [-0.2, -0.15) is 0 Å². The van der Waals surface area contributed by atoms with Crippen LogP contribution in [0.4, 0.5) is 0 Å². The first-order valence-corrected chi connectivity index (χ1v) is 7.70. The Hall–Kier alpha value is -2.05. The molecule has 0 aromatic rings. The molecule has 1 fully saturated rings. The van der Waals surface area contributed by atoms with Crippen LogP contribution in [-0.4, -0.2) is 54.1 Å². The van der Waals surface area contributed by atoms with Gasteiger partial charge in [-0.15, -0.1) is 0 Å². The number of hydrogen-bond donors (Lipinski definition) is 0. The van der Waals surface area contributed by atoms with Crippen molar-refractivity contribution in [2.75, 3.05) is 13.7 Å². The SMILES string of the molecule is COC1=CC(=O)O[C@H](C(=O)N2CCC[C@H]2C(=O)OC(C)(C)C)C1. The Morgan fingerprint density at radius 2 is 2.04 bits per heavy atom. The minimum absolute atomic E-state index is 0.179. The molecule has 2 atom stereocenters. The van der Waals surface area contributed by atoms with Crippen molar-refractivity contribution < 1.29 is 28.6 Å². The van der Waals surface area contributed by atoms with Crippen molar-refractivity contribution in [2.45, 2.75) is 57.8 Å². The van der Waals surface area contributed by atoms with E-state index >= 15 is 0 Å². The number of esters is 2. The summed E-state index contributed by atoms with van der Waals surface area (Å²) in [5.41, 5.74) is -0.613. The molecule has 2 rings (SSSR count). The van der Waals surface area contributed by atoms with Gasteiger partial charge in [0, 0.05) is 6.54 Å². The van der Waals surface area contributed by atoms with Gasteiger partial charge in [0.15, 0.2) is 6.10 Å². The lowest BCUT2D eigenvalue weighted by molar-refractivity contribution is -0.167. The van der Waals surface area contributed by atoms with Crippen molar-refractivity contribution in [2.24, 2.45) is 0 Å². The zero-order valence-electron chi connectivity index (χ0n) is 14.0. The fraction of sp³-hybridized carbons (Fsp3) is 0.688. The van der Waals surface area contributed by atoms with E-state index in [0.717, 1.165) is 0 Å². The summed E-state index contributed by atoms with van der Waals surface area (Å²) in [6, 6.07) is -0.627. The molecule has 23 heavy (non-hydrogen) atoms. The highest BCUT2D eigenvalue weighted by molar-refractivity contribution is 5.92. The van der Waals surface area contributed by atoms with E-state index in [4.69, 9.17) is 14.2 Å². The highest BCUT2D eigenvalue weighted by atomic mass is 16.6. The van der Waals surface area contributed by atoms with Crippen LogP contribution in [0.3, 0.4) is 0 Å². The van der Waals surface area contributed by atoms with Gasteiger partial charge in [0.05, 0.1) is 19.6 Å². The average Bonchev–Trinajstić information content (AvgIpc) is 2.93. The zero-order valence-corrected chi connectivity index (χ0v) is 14.0. The van der Waals surface area contributed by atoms with Crippen molar-refractivity contribution >= 4 is 17.8 Å². The molecule has 0 bridgehead atoms. The lowest BCUT2D eigenvalue weighted by Crippen LogP contribution is -2.49. The lowest BCUT2D eigenvalue weighted by atomic mass is 10.1. The van der Waals surface area contributed by atoms with Crippen LogP contribution in [0.15, 0.2) is 11.8 Å². The highest BCUT2D eigenvalue weighted by Crippen LogP contribution is 2.25. The third-order valence-electron chi connectivity index (χ3n) is 3.68. The Bertz CT molecular complexity index is 533. The van der Waals surface area contributed by atoms with Gasteiger partial charge >= 0.3 is 11.9 Å². The van der Waals surface area contributed by atoms with E-state index in [1.165, 1.54) is 18.1 Å². The third kappa shape index (κ3) is 4.24. The molecule has 1 amide bonds. The molecule has 7 heteroatoms. The van der Waals surface area contributed by atoms with E-state index in [2.05, 4.69) is 0 Å². The smallest absolute Gasteiger partial charge is 0.334 e. The van der Waals surface area contributed by atoms with Gasteiger partial charge in [0.2, 0.25) is 0 Å². The van der Waals surface area contributed by atoms with E-state index in [0.29, 0.717) is 25.1 Å². The lowest BCUT2D eigenvalue weighted by Gasteiger charge is -2.30. The summed E-state index contributed by atoms with van der Waals surface area (Å²) in [6.45, 7) is 5.79. The van der Waals surface area contributed by atoms with E-state index in [1.54, 1.807) is 20.8 Å². The second-order valence-corrected chi connectivity index (χ2v) is 6.67. The molecule has 0 saturated carbocycles. The van der Waals surface area contributed by atoms with Gasteiger partial charge in [-0.3, -0.25) is 4.79 Å². The van der Waals surface area contributed by atoms with E-state index in [9.17, 15) is 14.4 Å². The predicted octanol–water partition coefficient (Wildman–Crippen LogP) is 1.16. The van der Waals surface area contributed by atoms with Crippen LogP contribution in [0.2, 0.25) is 0 Å². The van der Waals surface area contributed by atoms with E-state index in [-0.39, 0.29) is 12.3 Å². The fourth-order valence-electron chi connectivity index (χ4n) is 2.70. The molecule has 2 aliphatic heterocycles. The molecule has 7 nitrogen and oxygen atoms in total. The number of methoxy groups -OCH3 is 1. The van der Waals surface area contributed by atoms with Crippen molar-refractivity contribution in [3.8, 4) is 0 Å². The number of carbonyl (C=O) groups is 3. The molecule has 128 valence electrons. The molecule has 2 heterocycles. The number of ether oxygens (including phenoxy) is 3. The molecule has 2 aliphatic rings. The van der Waals surface area contributed by atoms with Gasteiger partial charge in [0.25, 0.3) is 5.91 Å². The average molecular weight is 325 g/mol. The maximum absolute atomic E-state index is 12.6. The Morgan fingerprint density at radius 1 is 1.35 bits per heavy atom. The summed E-state index contributed by atoms with van der Waals surface area (Å²) in [5.74, 6) is -1.02. The topological polar surface area (TPSA) is 82.1 Å². The summed E-state index contributed by atoms with van der Waals surface area (Å²) in [7, 11) is 1.44. The molecular formula is C16H23NO6. The third-order valence-corrected chi connectivity index (χ3v) is 3.68. The molecule has 0 N–H and O–H groups in total. The number of amides is 1. The molecular weight excluding hydrogens is 302 g/mol. The molecule has 0 unspecified atom stereocenters. The number of cyclic esters (lactones) is 1. The van der Waals surface area contributed by atoms with Gasteiger partial charge in [-0.25, -0.2) is 9.59 Å². The molecule has 0 aromatic heterocycles. The Morgan fingerprint density at radius 3 is 2.65 bits per heavy atom. The van der Waals surface area contributed by atoms with Gasteiger partial charge < -0.3 is 19.1 Å². The molecule has 1 saturated heterocycles. The summed E-state index contributed by atoms with van der Waals surface area (Å²) in [5, 5.41) is 0. The Labute approximate surface area is 135 Å². The van der Waals surface area contributed by atoms with Gasteiger partial charge in [-0.1, -0.05) is 0 Å².